The van der Waals surface area contributed by atoms with Gasteiger partial charge in [-0.1, -0.05) is 12.1 Å². The number of aromatic carboxylic acids is 1. The first-order chi connectivity index (χ1) is 12.5. The molecule has 0 saturated carbocycles. The number of hydrogen-bond acceptors (Lipinski definition) is 6. The van der Waals surface area contributed by atoms with E-state index in [0.29, 0.717) is 22.1 Å². The van der Waals surface area contributed by atoms with E-state index < -0.39 is 11.2 Å². The lowest BCUT2D eigenvalue weighted by Crippen LogP contribution is -2.31. The van der Waals surface area contributed by atoms with Gasteiger partial charge in [0, 0.05) is 17.4 Å². The first kappa shape index (κ1) is 16.5. The number of nitrogens with zero attached hydrogens (tertiary/aromatic N) is 1. The van der Waals surface area contributed by atoms with E-state index in [1.807, 2.05) is 0 Å². The molecule has 1 saturated heterocycles. The Kier molecular flexibility index (Phi) is 4.04. The van der Waals surface area contributed by atoms with E-state index in [9.17, 15) is 19.5 Å². The van der Waals surface area contributed by atoms with E-state index in [4.69, 9.17) is 9.47 Å². The molecule has 2 aromatic rings. The molecule has 132 valence electrons. The Morgan fingerprint density at radius 1 is 1.12 bits per heavy atom. The molecule has 4 rings (SSSR count). The van der Waals surface area contributed by atoms with Crippen LogP contribution in [0.25, 0.3) is 0 Å². The predicted molar refractivity (Wildman–Crippen MR) is 92.7 cm³/mol. The van der Waals surface area contributed by atoms with Crippen molar-refractivity contribution in [3.8, 4) is 11.5 Å². The molecule has 2 amide bonds. The number of ether oxygens (including phenoxy) is 2. The average Bonchev–Trinajstić information content (AvgIpc) is 3.19. The van der Waals surface area contributed by atoms with Crippen molar-refractivity contribution in [2.45, 2.75) is 16.6 Å². The maximum atomic E-state index is 12.8. The number of imide groups is 1. The summed E-state index contributed by atoms with van der Waals surface area (Å²) in [7, 11) is 0. The fourth-order valence-electron chi connectivity index (χ4n) is 2.89. The molecule has 0 aromatic heterocycles. The SMILES string of the molecule is O=C(O)c1ccccc1S[C@@H]1CC(=O)N(c2ccc3c(c2)OCO3)C1=O. The Bertz CT molecular complexity index is 928. The first-order valence-corrected chi connectivity index (χ1v) is 8.68. The number of hydrogen-bond donors (Lipinski definition) is 1. The number of carbonyl (C=O) groups is 3. The third kappa shape index (κ3) is 2.78. The Morgan fingerprint density at radius 3 is 2.69 bits per heavy atom. The molecule has 0 unspecified atom stereocenters. The Labute approximate surface area is 152 Å². The first-order valence-electron chi connectivity index (χ1n) is 7.80. The summed E-state index contributed by atoms with van der Waals surface area (Å²) in [4.78, 5) is 38.1. The molecule has 0 spiro atoms. The predicted octanol–water partition coefficient (Wildman–Crippen LogP) is 2.54. The Hall–Kier alpha value is -3.00. The van der Waals surface area contributed by atoms with E-state index >= 15 is 0 Å². The van der Waals surface area contributed by atoms with Crippen molar-refractivity contribution >= 4 is 35.2 Å². The van der Waals surface area contributed by atoms with E-state index in [1.54, 1.807) is 36.4 Å². The highest BCUT2D eigenvalue weighted by molar-refractivity contribution is 8.00. The van der Waals surface area contributed by atoms with E-state index in [0.717, 1.165) is 16.7 Å². The third-order valence-electron chi connectivity index (χ3n) is 4.11. The van der Waals surface area contributed by atoms with Crippen molar-refractivity contribution in [2.75, 3.05) is 11.7 Å². The highest BCUT2D eigenvalue weighted by atomic mass is 32.2. The number of fused-ring (bicyclic) bond motifs is 1. The lowest BCUT2D eigenvalue weighted by atomic mass is 10.2. The summed E-state index contributed by atoms with van der Waals surface area (Å²) in [5, 5.41) is 8.60. The van der Waals surface area contributed by atoms with Crippen LogP contribution < -0.4 is 14.4 Å². The minimum absolute atomic E-state index is 0.00585. The number of carbonyl (C=O) groups excluding carboxylic acids is 2. The van der Waals surface area contributed by atoms with Gasteiger partial charge in [0.25, 0.3) is 0 Å². The number of carboxylic acid groups (broad SMARTS) is 1. The highest BCUT2D eigenvalue weighted by Gasteiger charge is 2.41. The summed E-state index contributed by atoms with van der Waals surface area (Å²) in [5.41, 5.74) is 0.526. The van der Waals surface area contributed by atoms with Gasteiger partial charge in [0.05, 0.1) is 16.5 Å². The van der Waals surface area contributed by atoms with Crippen molar-refractivity contribution in [1.29, 1.82) is 0 Å². The van der Waals surface area contributed by atoms with Crippen LogP contribution in [0.5, 0.6) is 11.5 Å². The van der Waals surface area contributed by atoms with Crippen LogP contribution in [-0.4, -0.2) is 34.9 Å². The highest BCUT2D eigenvalue weighted by Crippen LogP contribution is 2.39. The van der Waals surface area contributed by atoms with Crippen LogP contribution in [0.3, 0.4) is 0 Å². The molecule has 0 aliphatic carbocycles. The minimum Gasteiger partial charge on any atom is -0.478 e. The standard InChI is InChI=1S/C18H13NO6S/c20-16-8-15(26-14-4-2-1-3-11(14)18(22)23)17(21)19(16)10-5-6-12-13(7-10)25-9-24-12/h1-7,15H,8-9H2,(H,22,23)/t15-/m1/s1. The Morgan fingerprint density at radius 2 is 1.88 bits per heavy atom. The van der Waals surface area contributed by atoms with Gasteiger partial charge < -0.3 is 14.6 Å². The summed E-state index contributed by atoms with van der Waals surface area (Å²) in [6.45, 7) is 0.102. The number of anilines is 1. The zero-order valence-electron chi connectivity index (χ0n) is 13.4. The minimum atomic E-state index is -1.07. The van der Waals surface area contributed by atoms with Gasteiger partial charge in [-0.05, 0) is 24.3 Å². The monoisotopic (exact) mass is 371 g/mol. The van der Waals surface area contributed by atoms with Gasteiger partial charge in [0.2, 0.25) is 18.6 Å². The molecule has 8 heteroatoms. The van der Waals surface area contributed by atoms with E-state index in [1.165, 1.54) is 6.07 Å². The fourth-order valence-corrected chi connectivity index (χ4v) is 4.07. The van der Waals surface area contributed by atoms with Gasteiger partial charge >= 0.3 is 5.97 Å². The van der Waals surface area contributed by atoms with Crippen molar-refractivity contribution in [2.24, 2.45) is 0 Å². The molecule has 2 aliphatic rings. The molecule has 0 bridgehead atoms. The molecule has 2 aliphatic heterocycles. The molecule has 1 N–H and O–H groups in total. The maximum absolute atomic E-state index is 12.8. The number of thioether (sulfide) groups is 1. The largest absolute Gasteiger partial charge is 0.478 e. The quantitative estimate of drug-likeness (QED) is 0.826. The number of benzene rings is 2. The van der Waals surface area contributed by atoms with Crippen LogP contribution in [0.15, 0.2) is 47.4 Å². The second kappa shape index (κ2) is 6.38. The second-order valence-electron chi connectivity index (χ2n) is 5.72. The topological polar surface area (TPSA) is 93.1 Å². The molecule has 26 heavy (non-hydrogen) atoms. The van der Waals surface area contributed by atoms with E-state index in [2.05, 4.69) is 0 Å². The summed E-state index contributed by atoms with van der Waals surface area (Å²) in [5.74, 6) is -0.736. The number of carboxylic acids is 1. The van der Waals surface area contributed by atoms with Gasteiger partial charge in [-0.15, -0.1) is 11.8 Å². The van der Waals surface area contributed by atoms with Gasteiger partial charge in [-0.2, -0.15) is 0 Å². The van der Waals surface area contributed by atoms with Crippen molar-refractivity contribution in [3.63, 3.8) is 0 Å². The van der Waals surface area contributed by atoms with Crippen LogP contribution >= 0.6 is 11.8 Å². The zero-order chi connectivity index (χ0) is 18.3. The molecule has 1 fully saturated rings. The third-order valence-corrected chi connectivity index (χ3v) is 5.37. The van der Waals surface area contributed by atoms with Gasteiger partial charge in [-0.25, -0.2) is 9.69 Å². The molecular formula is C18H13NO6S. The molecular weight excluding hydrogens is 358 g/mol. The zero-order valence-corrected chi connectivity index (χ0v) is 14.2. The molecule has 7 nitrogen and oxygen atoms in total. The lowest BCUT2D eigenvalue weighted by molar-refractivity contribution is -0.121. The van der Waals surface area contributed by atoms with E-state index in [-0.39, 0.29) is 30.6 Å². The van der Waals surface area contributed by atoms with Crippen molar-refractivity contribution < 1.29 is 29.0 Å². The summed E-state index contributed by atoms with van der Waals surface area (Å²) in [6.07, 6.45) is 0.00585. The molecule has 1 atom stereocenters. The average molecular weight is 371 g/mol. The smallest absolute Gasteiger partial charge is 0.336 e. The lowest BCUT2D eigenvalue weighted by Gasteiger charge is -2.15. The summed E-state index contributed by atoms with van der Waals surface area (Å²) < 4.78 is 10.5. The van der Waals surface area contributed by atoms with Crippen LogP contribution in [-0.2, 0) is 9.59 Å². The summed E-state index contributed by atoms with van der Waals surface area (Å²) in [6, 6.07) is 11.3. The normalized spacial score (nSPS) is 18.5. The van der Waals surface area contributed by atoms with Crippen molar-refractivity contribution in [3.05, 3.63) is 48.0 Å². The molecule has 0 radical (unpaired) electrons. The van der Waals surface area contributed by atoms with Crippen LogP contribution in [0.1, 0.15) is 16.8 Å². The van der Waals surface area contributed by atoms with Gasteiger partial charge in [0.15, 0.2) is 11.5 Å². The molecule has 2 aromatic carbocycles. The Balaban J connectivity index is 1.59. The summed E-state index contributed by atoms with van der Waals surface area (Å²) >= 11 is 1.09. The number of rotatable bonds is 4. The second-order valence-corrected chi connectivity index (χ2v) is 6.96. The van der Waals surface area contributed by atoms with Crippen LogP contribution in [0.2, 0.25) is 0 Å². The fraction of sp³-hybridized carbons (Fsp3) is 0.167. The van der Waals surface area contributed by atoms with Gasteiger partial charge in [0.1, 0.15) is 0 Å². The maximum Gasteiger partial charge on any atom is 0.336 e. The van der Waals surface area contributed by atoms with Crippen LogP contribution in [0.4, 0.5) is 5.69 Å². The number of amides is 2. The molecule has 2 heterocycles. The van der Waals surface area contributed by atoms with Gasteiger partial charge in [-0.3, -0.25) is 9.59 Å². The van der Waals surface area contributed by atoms with Crippen LogP contribution in [0, 0.1) is 0 Å². The van der Waals surface area contributed by atoms with Crippen molar-refractivity contribution in [1.82, 2.24) is 0 Å².